The predicted octanol–water partition coefficient (Wildman–Crippen LogP) is 2.38. The molecule has 0 aliphatic carbocycles. The fraction of sp³-hybridized carbons (Fsp3) is 0.0909. The zero-order chi connectivity index (χ0) is 27.2. The number of nitrogens with zero attached hydrogens (tertiary/aromatic N) is 2. The molecular formula is C22H20N4O9S2. The molecule has 37 heavy (non-hydrogen) atoms. The van der Waals surface area contributed by atoms with Crippen molar-refractivity contribution in [3.8, 4) is 0 Å². The summed E-state index contributed by atoms with van der Waals surface area (Å²) in [5, 5.41) is 22.3. The van der Waals surface area contributed by atoms with Gasteiger partial charge in [0, 0.05) is 24.4 Å². The van der Waals surface area contributed by atoms with E-state index in [9.17, 15) is 41.6 Å². The second kappa shape index (κ2) is 11.2. The normalized spacial score (nSPS) is 11.6. The number of nitro groups is 1. The highest BCUT2D eigenvalue weighted by Gasteiger charge is 2.27. The summed E-state index contributed by atoms with van der Waals surface area (Å²) in [6.45, 7) is -1.31. The van der Waals surface area contributed by atoms with E-state index in [1.54, 1.807) is 6.07 Å². The van der Waals surface area contributed by atoms with Crippen LogP contribution < -0.4 is 10.0 Å². The van der Waals surface area contributed by atoms with Crippen LogP contribution in [0.4, 0.5) is 16.2 Å². The highest BCUT2D eigenvalue weighted by atomic mass is 32.2. The average Bonchev–Trinajstić information content (AvgIpc) is 2.84. The summed E-state index contributed by atoms with van der Waals surface area (Å²) >= 11 is 0. The van der Waals surface area contributed by atoms with Gasteiger partial charge in [0.1, 0.15) is 6.54 Å². The van der Waals surface area contributed by atoms with Gasteiger partial charge >= 0.3 is 12.0 Å². The van der Waals surface area contributed by atoms with Crippen LogP contribution in [0.25, 0.3) is 0 Å². The van der Waals surface area contributed by atoms with E-state index in [0.717, 1.165) is 18.2 Å². The zero-order valence-electron chi connectivity index (χ0n) is 18.8. The number of sulfonamides is 2. The molecule has 0 aromatic heterocycles. The molecule has 194 valence electrons. The molecular weight excluding hydrogens is 528 g/mol. The topological polar surface area (TPSA) is 193 Å². The molecule has 0 saturated heterocycles. The number of hydrogen-bond donors (Lipinski definition) is 3. The highest BCUT2D eigenvalue weighted by Crippen LogP contribution is 2.22. The number of rotatable bonds is 10. The lowest BCUT2D eigenvalue weighted by molar-refractivity contribution is -0.384. The number of hydrogen-bond acceptors (Lipinski definition) is 8. The first-order valence-electron chi connectivity index (χ1n) is 10.3. The van der Waals surface area contributed by atoms with E-state index in [-0.39, 0.29) is 21.2 Å². The molecule has 0 spiro atoms. The molecule has 0 aliphatic heterocycles. The number of benzene rings is 3. The third-order valence-corrected chi connectivity index (χ3v) is 7.96. The van der Waals surface area contributed by atoms with E-state index in [0.29, 0.717) is 9.87 Å². The second-order valence-electron chi connectivity index (χ2n) is 7.49. The van der Waals surface area contributed by atoms with Gasteiger partial charge in [0.15, 0.2) is 0 Å². The Kier molecular flexibility index (Phi) is 8.21. The molecule has 0 unspecified atom stereocenters. The van der Waals surface area contributed by atoms with Gasteiger partial charge in [0.25, 0.3) is 15.7 Å². The van der Waals surface area contributed by atoms with Gasteiger partial charge in [-0.15, -0.1) is 0 Å². The smallest absolute Gasteiger partial charge is 0.333 e. The first-order chi connectivity index (χ1) is 17.4. The van der Waals surface area contributed by atoms with Crippen LogP contribution in [0, 0.1) is 10.1 Å². The largest absolute Gasteiger partial charge is 0.480 e. The van der Waals surface area contributed by atoms with Crippen molar-refractivity contribution in [2.24, 2.45) is 0 Å². The minimum Gasteiger partial charge on any atom is -0.480 e. The molecule has 0 atom stereocenters. The minimum absolute atomic E-state index is 0.0764. The maximum atomic E-state index is 13.2. The lowest BCUT2D eigenvalue weighted by Gasteiger charge is -2.21. The number of anilines is 1. The van der Waals surface area contributed by atoms with Crippen molar-refractivity contribution in [2.45, 2.75) is 16.3 Å². The van der Waals surface area contributed by atoms with Crippen LogP contribution in [0.1, 0.15) is 5.56 Å². The van der Waals surface area contributed by atoms with Gasteiger partial charge in [-0.3, -0.25) is 14.9 Å². The van der Waals surface area contributed by atoms with E-state index in [2.05, 4.69) is 5.32 Å². The van der Waals surface area contributed by atoms with Crippen LogP contribution in [0.5, 0.6) is 0 Å². The molecule has 3 aromatic rings. The van der Waals surface area contributed by atoms with Crippen molar-refractivity contribution in [1.82, 2.24) is 9.03 Å². The summed E-state index contributed by atoms with van der Waals surface area (Å²) in [4.78, 5) is 33.3. The first-order valence-corrected chi connectivity index (χ1v) is 13.2. The zero-order valence-corrected chi connectivity index (χ0v) is 20.5. The number of carbonyl (C=O) groups excluding carboxylic acids is 1. The Morgan fingerprint density at radius 2 is 1.51 bits per heavy atom. The number of nitrogens with one attached hydrogen (secondary N) is 2. The number of aliphatic carboxylic acids is 1. The molecule has 3 aromatic carbocycles. The number of carboxylic acid groups (broad SMARTS) is 1. The molecule has 0 fully saturated rings. The van der Waals surface area contributed by atoms with Gasteiger partial charge in [0.05, 0.1) is 14.7 Å². The maximum absolute atomic E-state index is 13.2. The Bertz CT molecular complexity index is 1530. The molecule has 0 bridgehead atoms. The average molecular weight is 549 g/mol. The summed E-state index contributed by atoms with van der Waals surface area (Å²) in [6.07, 6.45) is 0. The number of urea groups is 1. The van der Waals surface area contributed by atoms with Crippen molar-refractivity contribution in [3.63, 3.8) is 0 Å². The number of non-ortho nitro benzene ring substituents is 1. The van der Waals surface area contributed by atoms with Crippen molar-refractivity contribution in [1.29, 1.82) is 0 Å². The van der Waals surface area contributed by atoms with Gasteiger partial charge < -0.3 is 10.4 Å². The first kappa shape index (κ1) is 27.3. The van der Waals surface area contributed by atoms with E-state index >= 15 is 0 Å². The molecule has 0 saturated carbocycles. The second-order valence-corrected chi connectivity index (χ2v) is 11.1. The van der Waals surface area contributed by atoms with Crippen LogP contribution in [-0.2, 0) is 31.4 Å². The summed E-state index contributed by atoms with van der Waals surface area (Å²) in [5.41, 5.74) is 0.00497. The van der Waals surface area contributed by atoms with Gasteiger partial charge in [-0.05, 0) is 35.9 Å². The quantitative estimate of drug-likeness (QED) is 0.252. The Morgan fingerprint density at radius 3 is 2.11 bits per heavy atom. The molecule has 3 rings (SSSR count). The number of amides is 2. The molecule has 0 heterocycles. The van der Waals surface area contributed by atoms with E-state index in [4.69, 9.17) is 0 Å². The number of nitro benzene ring substituents is 1. The van der Waals surface area contributed by atoms with Crippen LogP contribution >= 0.6 is 0 Å². The molecule has 0 radical (unpaired) electrons. The van der Waals surface area contributed by atoms with Crippen LogP contribution in [0.15, 0.2) is 88.7 Å². The summed E-state index contributed by atoms with van der Waals surface area (Å²) in [7, 11) is -8.61. The molecule has 15 heteroatoms. The van der Waals surface area contributed by atoms with Crippen LogP contribution in [0.2, 0.25) is 0 Å². The summed E-state index contributed by atoms with van der Waals surface area (Å²) in [5.74, 6) is -1.44. The molecule has 3 N–H and O–H groups in total. The Balaban J connectivity index is 1.81. The standard InChI is InChI=1S/C22H20N4O9S2/c27-21(28)15-25(14-16-9-11-18(12-10-16)26(30)31)37(34,35)20-8-4-5-17(13-20)23-22(29)24-36(32,33)19-6-2-1-3-7-19/h1-13H,14-15H2,(H,27,28)(H2,23,24,29). The Morgan fingerprint density at radius 1 is 0.892 bits per heavy atom. The SMILES string of the molecule is O=C(O)CN(Cc1ccc([N+](=O)[O-])cc1)S(=O)(=O)c1cccc(NC(=O)NS(=O)(=O)c2ccccc2)c1. The summed E-state index contributed by atoms with van der Waals surface area (Å²) < 4.78 is 53.5. The van der Waals surface area contributed by atoms with Gasteiger partial charge in [-0.2, -0.15) is 4.31 Å². The molecule has 13 nitrogen and oxygen atoms in total. The third kappa shape index (κ3) is 7.09. The van der Waals surface area contributed by atoms with Gasteiger partial charge in [-0.1, -0.05) is 36.4 Å². The van der Waals surface area contributed by atoms with E-state index < -0.39 is 50.1 Å². The van der Waals surface area contributed by atoms with Crippen molar-refractivity contribution < 1.29 is 36.5 Å². The predicted molar refractivity (Wildman–Crippen MR) is 131 cm³/mol. The fourth-order valence-corrected chi connectivity index (χ4v) is 5.48. The van der Waals surface area contributed by atoms with Crippen molar-refractivity contribution >= 4 is 43.4 Å². The van der Waals surface area contributed by atoms with Crippen molar-refractivity contribution in [2.75, 3.05) is 11.9 Å². The lowest BCUT2D eigenvalue weighted by Crippen LogP contribution is -2.35. The third-order valence-electron chi connectivity index (χ3n) is 4.83. The molecule has 2 amide bonds. The number of carbonyl (C=O) groups is 2. The molecule has 0 aliphatic rings. The highest BCUT2D eigenvalue weighted by molar-refractivity contribution is 7.90. The van der Waals surface area contributed by atoms with Gasteiger partial charge in [0.2, 0.25) is 10.0 Å². The van der Waals surface area contributed by atoms with Crippen molar-refractivity contribution in [3.05, 3.63) is 94.5 Å². The van der Waals surface area contributed by atoms with Crippen LogP contribution in [0.3, 0.4) is 0 Å². The number of carboxylic acids is 1. The Hall–Kier alpha value is -4.34. The monoisotopic (exact) mass is 548 g/mol. The van der Waals surface area contributed by atoms with E-state index in [1.807, 2.05) is 4.72 Å². The minimum atomic E-state index is -4.43. The lowest BCUT2D eigenvalue weighted by atomic mass is 10.2. The summed E-state index contributed by atoms with van der Waals surface area (Å²) in [6, 6.07) is 15.7. The van der Waals surface area contributed by atoms with Gasteiger partial charge in [-0.25, -0.2) is 26.4 Å². The maximum Gasteiger partial charge on any atom is 0.333 e. The van der Waals surface area contributed by atoms with E-state index in [1.165, 1.54) is 54.6 Å². The van der Waals surface area contributed by atoms with Crippen LogP contribution in [-0.4, -0.2) is 49.7 Å². The Labute approximate surface area is 211 Å². The fourth-order valence-electron chi connectivity index (χ4n) is 3.12.